The van der Waals surface area contributed by atoms with Gasteiger partial charge in [-0.05, 0) is 37.8 Å². The highest BCUT2D eigenvalue weighted by molar-refractivity contribution is 5.96. The fourth-order valence-electron chi connectivity index (χ4n) is 2.83. The number of nitrogens with zero attached hydrogens (tertiary/aromatic N) is 2. The summed E-state index contributed by atoms with van der Waals surface area (Å²) in [5, 5.41) is 20.6. The molecular formula is C15H23N3O2. The van der Waals surface area contributed by atoms with Gasteiger partial charge in [0, 0.05) is 24.8 Å². The van der Waals surface area contributed by atoms with Crippen molar-refractivity contribution in [1.82, 2.24) is 4.90 Å². The third kappa shape index (κ3) is 3.71. The van der Waals surface area contributed by atoms with Gasteiger partial charge in [-0.25, -0.2) is 0 Å². The van der Waals surface area contributed by atoms with Crippen LogP contribution in [-0.2, 0) is 6.54 Å². The van der Waals surface area contributed by atoms with E-state index >= 15 is 0 Å². The van der Waals surface area contributed by atoms with Crippen LogP contribution in [0.1, 0.15) is 36.8 Å². The van der Waals surface area contributed by atoms with Gasteiger partial charge in [-0.3, -0.25) is 4.90 Å². The van der Waals surface area contributed by atoms with Crippen LogP contribution in [0.15, 0.2) is 29.4 Å². The number of hydrogen-bond donors (Lipinski definition) is 3. The van der Waals surface area contributed by atoms with Gasteiger partial charge < -0.3 is 16.0 Å². The highest BCUT2D eigenvalue weighted by Crippen LogP contribution is 2.23. The van der Waals surface area contributed by atoms with E-state index in [1.54, 1.807) is 0 Å². The second-order valence-corrected chi connectivity index (χ2v) is 5.31. The van der Waals surface area contributed by atoms with Gasteiger partial charge in [-0.2, -0.15) is 0 Å². The minimum atomic E-state index is 0.138. The topological polar surface area (TPSA) is 82.1 Å². The first-order chi connectivity index (χ1) is 9.74. The summed E-state index contributed by atoms with van der Waals surface area (Å²) in [7, 11) is 0. The molecule has 5 heteroatoms. The SMILES string of the molecule is NC(=NO)c1ccc(CN2CCCC2CCCO)cc1. The predicted molar refractivity (Wildman–Crippen MR) is 78.7 cm³/mol. The average Bonchev–Trinajstić information content (AvgIpc) is 2.92. The molecular weight excluding hydrogens is 254 g/mol. The first kappa shape index (κ1) is 14.8. The molecule has 1 fully saturated rings. The Labute approximate surface area is 119 Å². The molecule has 20 heavy (non-hydrogen) atoms. The van der Waals surface area contributed by atoms with Gasteiger partial charge in [0.05, 0.1) is 0 Å². The van der Waals surface area contributed by atoms with Crippen LogP contribution in [0, 0.1) is 0 Å². The molecule has 0 aliphatic carbocycles. The van der Waals surface area contributed by atoms with Gasteiger partial charge in [-0.1, -0.05) is 29.4 Å². The monoisotopic (exact) mass is 277 g/mol. The lowest BCUT2D eigenvalue weighted by atomic mass is 10.1. The van der Waals surface area contributed by atoms with Crippen LogP contribution in [0.4, 0.5) is 0 Å². The molecule has 1 saturated heterocycles. The van der Waals surface area contributed by atoms with Crippen LogP contribution in [0.25, 0.3) is 0 Å². The molecule has 5 nitrogen and oxygen atoms in total. The molecule has 0 spiro atoms. The Hall–Kier alpha value is -1.59. The first-order valence-corrected chi connectivity index (χ1v) is 7.16. The summed E-state index contributed by atoms with van der Waals surface area (Å²) >= 11 is 0. The Balaban J connectivity index is 1.95. The maximum absolute atomic E-state index is 8.95. The van der Waals surface area contributed by atoms with Crippen LogP contribution in [-0.4, -0.2) is 40.2 Å². The van der Waals surface area contributed by atoms with Crippen molar-refractivity contribution in [2.45, 2.75) is 38.3 Å². The van der Waals surface area contributed by atoms with Gasteiger partial charge in [0.25, 0.3) is 0 Å². The maximum Gasteiger partial charge on any atom is 0.170 e. The number of aliphatic hydroxyl groups is 1. The summed E-state index contributed by atoms with van der Waals surface area (Å²) in [5.74, 6) is 0.138. The summed E-state index contributed by atoms with van der Waals surface area (Å²) in [5.41, 5.74) is 7.51. The fourth-order valence-corrected chi connectivity index (χ4v) is 2.83. The highest BCUT2D eigenvalue weighted by atomic mass is 16.4. The molecule has 1 atom stereocenters. The molecule has 110 valence electrons. The number of rotatable bonds is 6. The second-order valence-electron chi connectivity index (χ2n) is 5.31. The quantitative estimate of drug-likeness (QED) is 0.319. The van der Waals surface area contributed by atoms with Crippen molar-refractivity contribution in [3.63, 3.8) is 0 Å². The number of aliphatic hydroxyl groups excluding tert-OH is 1. The van der Waals surface area contributed by atoms with Crippen LogP contribution >= 0.6 is 0 Å². The van der Waals surface area contributed by atoms with E-state index in [0.29, 0.717) is 6.04 Å². The van der Waals surface area contributed by atoms with Gasteiger partial charge in [0.15, 0.2) is 5.84 Å². The zero-order valence-electron chi connectivity index (χ0n) is 11.7. The first-order valence-electron chi connectivity index (χ1n) is 7.16. The van der Waals surface area contributed by atoms with E-state index in [1.807, 2.05) is 24.3 Å². The Morgan fingerprint density at radius 1 is 1.35 bits per heavy atom. The third-order valence-corrected chi connectivity index (χ3v) is 3.94. The summed E-state index contributed by atoms with van der Waals surface area (Å²) < 4.78 is 0. The normalized spacial score (nSPS) is 20.4. The number of oxime groups is 1. The molecule has 0 radical (unpaired) electrons. The Morgan fingerprint density at radius 2 is 2.10 bits per heavy atom. The third-order valence-electron chi connectivity index (χ3n) is 3.94. The predicted octanol–water partition coefficient (Wildman–Crippen LogP) is 1.52. The highest BCUT2D eigenvalue weighted by Gasteiger charge is 2.23. The fraction of sp³-hybridized carbons (Fsp3) is 0.533. The number of benzene rings is 1. The van der Waals surface area contributed by atoms with Gasteiger partial charge >= 0.3 is 0 Å². The molecule has 1 aliphatic rings. The summed E-state index contributed by atoms with van der Waals surface area (Å²) in [6.07, 6.45) is 4.41. The molecule has 1 aliphatic heterocycles. The van der Waals surface area contributed by atoms with Crippen molar-refractivity contribution < 1.29 is 10.3 Å². The van der Waals surface area contributed by atoms with Gasteiger partial charge in [0.2, 0.25) is 0 Å². The van der Waals surface area contributed by atoms with Gasteiger partial charge in [0.1, 0.15) is 0 Å². The average molecular weight is 277 g/mol. The van der Waals surface area contributed by atoms with E-state index in [4.69, 9.17) is 16.0 Å². The van der Waals surface area contributed by atoms with Crippen molar-refractivity contribution in [1.29, 1.82) is 0 Å². The smallest absolute Gasteiger partial charge is 0.170 e. The van der Waals surface area contributed by atoms with Crippen LogP contribution < -0.4 is 5.73 Å². The number of nitrogens with two attached hydrogens (primary N) is 1. The minimum absolute atomic E-state index is 0.138. The van der Waals surface area contributed by atoms with Crippen molar-refractivity contribution >= 4 is 5.84 Å². The zero-order chi connectivity index (χ0) is 14.4. The Morgan fingerprint density at radius 3 is 2.75 bits per heavy atom. The van der Waals surface area contributed by atoms with Crippen molar-refractivity contribution in [3.05, 3.63) is 35.4 Å². The lowest BCUT2D eigenvalue weighted by Gasteiger charge is -2.24. The largest absolute Gasteiger partial charge is 0.409 e. The van der Waals surface area contributed by atoms with Crippen molar-refractivity contribution in [3.8, 4) is 0 Å². The molecule has 0 amide bonds. The summed E-state index contributed by atoms with van der Waals surface area (Å²) in [6, 6.07) is 8.39. The van der Waals surface area contributed by atoms with E-state index < -0.39 is 0 Å². The lowest BCUT2D eigenvalue weighted by Crippen LogP contribution is -2.29. The summed E-state index contributed by atoms with van der Waals surface area (Å²) in [6.45, 7) is 2.32. The number of likely N-dealkylation sites (tertiary alicyclic amines) is 1. The summed E-state index contributed by atoms with van der Waals surface area (Å²) in [4.78, 5) is 2.48. The van der Waals surface area contributed by atoms with E-state index in [9.17, 15) is 0 Å². The van der Waals surface area contributed by atoms with E-state index in [2.05, 4.69) is 10.1 Å². The molecule has 1 aromatic rings. The molecule has 1 aromatic carbocycles. The van der Waals surface area contributed by atoms with Crippen LogP contribution in [0.5, 0.6) is 0 Å². The zero-order valence-corrected chi connectivity index (χ0v) is 11.7. The molecule has 1 heterocycles. The van der Waals surface area contributed by atoms with E-state index in [-0.39, 0.29) is 12.4 Å². The molecule has 1 unspecified atom stereocenters. The van der Waals surface area contributed by atoms with Crippen LogP contribution in [0.2, 0.25) is 0 Å². The molecule has 0 saturated carbocycles. The molecule has 4 N–H and O–H groups in total. The maximum atomic E-state index is 8.95. The molecule has 2 rings (SSSR count). The van der Waals surface area contributed by atoms with E-state index in [1.165, 1.54) is 18.4 Å². The van der Waals surface area contributed by atoms with Crippen LogP contribution in [0.3, 0.4) is 0 Å². The second kappa shape index (κ2) is 7.26. The number of hydrogen-bond acceptors (Lipinski definition) is 4. The lowest BCUT2D eigenvalue weighted by molar-refractivity contribution is 0.210. The molecule has 0 aromatic heterocycles. The Bertz CT molecular complexity index is 445. The standard InChI is InChI=1S/C15H23N3O2/c16-15(17-20)13-7-5-12(6-8-13)11-18-9-1-3-14(18)4-2-10-19/h5-8,14,19-20H,1-4,9-11H2,(H2,16,17). The number of amidine groups is 1. The molecule has 0 bridgehead atoms. The Kier molecular flexibility index (Phi) is 5.38. The van der Waals surface area contributed by atoms with Gasteiger partial charge in [-0.15, -0.1) is 0 Å². The van der Waals surface area contributed by atoms with Crippen molar-refractivity contribution in [2.24, 2.45) is 10.9 Å². The minimum Gasteiger partial charge on any atom is -0.409 e. The van der Waals surface area contributed by atoms with Crippen molar-refractivity contribution in [2.75, 3.05) is 13.2 Å². The van der Waals surface area contributed by atoms with E-state index in [0.717, 1.165) is 31.5 Å².